The van der Waals surface area contributed by atoms with Gasteiger partial charge in [-0.2, -0.15) is 39.5 Å². The van der Waals surface area contributed by atoms with Crippen molar-refractivity contribution in [2.24, 2.45) is 0 Å². The number of carbonyl (C=O) groups is 1. The molecule has 0 saturated carbocycles. The molecule has 2 saturated heterocycles. The fourth-order valence-electron chi connectivity index (χ4n) is 7.50. The molecule has 62 heavy (non-hydrogen) atoms. The van der Waals surface area contributed by atoms with E-state index in [0.717, 1.165) is 36.4 Å². The van der Waals surface area contributed by atoms with Crippen molar-refractivity contribution in [3.8, 4) is 11.5 Å². The van der Waals surface area contributed by atoms with Gasteiger partial charge in [0, 0.05) is 80.3 Å². The molecule has 2 heterocycles. The Morgan fingerprint density at radius 3 is 1.65 bits per heavy atom. The van der Waals surface area contributed by atoms with E-state index in [0.29, 0.717) is 10.2 Å². The Morgan fingerprint density at radius 2 is 1.13 bits per heavy atom. The Balaban J connectivity index is 1.22. The van der Waals surface area contributed by atoms with Crippen LogP contribution in [0.5, 0.6) is 11.5 Å². The van der Waals surface area contributed by atoms with Crippen molar-refractivity contribution >= 4 is 50.3 Å². The van der Waals surface area contributed by atoms with Crippen LogP contribution in [0.25, 0.3) is 0 Å². The summed E-state index contributed by atoms with van der Waals surface area (Å²) in [6.07, 6.45) is -14.1. The van der Waals surface area contributed by atoms with Crippen molar-refractivity contribution in [3.63, 3.8) is 0 Å². The maximum atomic E-state index is 15.6. The number of rotatable bonds is 10. The molecule has 7 rings (SSSR count). The van der Waals surface area contributed by atoms with E-state index in [1.807, 2.05) is 0 Å². The first kappa shape index (κ1) is 44.2. The Morgan fingerprint density at radius 1 is 0.613 bits per heavy atom. The van der Waals surface area contributed by atoms with E-state index in [9.17, 15) is 36.2 Å². The SMILES string of the molecule is O=C(O)c1cc(Br)ccc1Oc1cccc(F)c1CNc1cc(C(F)(F)F)c(N2CCN(c3cccc(C(F)(F)F)c3)CC2)cc1N1CCN(c2cccc(C(F)(F)F)c2)CC1. The number of hydrogen-bond donors (Lipinski definition) is 2. The number of carboxylic acid groups (broad SMARTS) is 1. The molecule has 0 atom stereocenters. The van der Waals surface area contributed by atoms with Crippen LogP contribution in [0.15, 0.2) is 102 Å². The number of piperazine rings is 2. The lowest BCUT2D eigenvalue weighted by molar-refractivity contribution is -0.138. The molecule has 0 bridgehead atoms. The predicted molar refractivity (Wildman–Crippen MR) is 218 cm³/mol. The van der Waals surface area contributed by atoms with Crippen LogP contribution in [0.3, 0.4) is 0 Å². The second-order valence-corrected chi connectivity index (χ2v) is 15.5. The van der Waals surface area contributed by atoms with Crippen LogP contribution >= 0.6 is 15.9 Å². The summed E-state index contributed by atoms with van der Waals surface area (Å²) < 4.78 is 148. The Bertz CT molecular complexity index is 2430. The molecule has 328 valence electrons. The number of ether oxygens (including phenoxy) is 1. The first-order valence-electron chi connectivity index (χ1n) is 19.1. The number of halogens is 11. The molecule has 2 aliphatic rings. The van der Waals surface area contributed by atoms with E-state index in [4.69, 9.17) is 4.74 Å². The van der Waals surface area contributed by atoms with Gasteiger partial charge in [-0.05, 0) is 78.9 Å². The molecule has 19 heteroatoms. The van der Waals surface area contributed by atoms with Gasteiger partial charge in [-0.1, -0.05) is 34.1 Å². The first-order chi connectivity index (χ1) is 29.3. The zero-order valence-electron chi connectivity index (χ0n) is 32.3. The van der Waals surface area contributed by atoms with Crippen molar-refractivity contribution in [1.29, 1.82) is 0 Å². The topological polar surface area (TPSA) is 71.5 Å². The van der Waals surface area contributed by atoms with Crippen LogP contribution < -0.4 is 29.7 Å². The monoisotopic (exact) mass is 939 g/mol. The minimum absolute atomic E-state index is 0.0131. The van der Waals surface area contributed by atoms with Crippen molar-refractivity contribution in [2.75, 3.05) is 77.3 Å². The van der Waals surface area contributed by atoms with Crippen LogP contribution in [0.4, 0.5) is 72.3 Å². The molecular weight excluding hydrogens is 904 g/mol. The first-order valence-corrected chi connectivity index (χ1v) is 19.9. The van der Waals surface area contributed by atoms with Gasteiger partial charge in [-0.25, -0.2) is 9.18 Å². The zero-order chi connectivity index (χ0) is 44.6. The van der Waals surface area contributed by atoms with E-state index in [1.54, 1.807) is 14.7 Å². The van der Waals surface area contributed by atoms with Crippen molar-refractivity contribution in [2.45, 2.75) is 25.1 Å². The van der Waals surface area contributed by atoms with Gasteiger partial charge < -0.3 is 34.8 Å². The van der Waals surface area contributed by atoms with E-state index in [1.165, 1.54) is 65.6 Å². The average molecular weight is 941 g/mol. The highest BCUT2D eigenvalue weighted by Gasteiger charge is 2.38. The summed E-state index contributed by atoms with van der Waals surface area (Å²) in [6.45, 7) is 0.504. The summed E-state index contributed by atoms with van der Waals surface area (Å²) in [7, 11) is 0. The number of carboxylic acids is 1. The lowest BCUT2D eigenvalue weighted by Gasteiger charge is -2.41. The third-order valence-electron chi connectivity index (χ3n) is 10.7. The standard InChI is InChI=1S/C43H36BrF10N5O3/c44-28-10-11-39(31(22-28)40(60)61)62-38-9-3-8-34(45)32(38)25-55-35-23-33(43(52,53)54)36(58-16-12-56(13-17-58)29-6-1-4-26(20-29)41(46,47)48)24-37(35)59-18-14-57(15-19-59)30-7-2-5-27(21-30)42(49,50)51/h1-11,20-24,55H,12-19,25H2,(H,60,61). The van der Waals surface area contributed by atoms with Crippen LogP contribution in [0.1, 0.15) is 32.6 Å². The summed E-state index contributed by atoms with van der Waals surface area (Å²) in [6, 6.07) is 19.7. The van der Waals surface area contributed by atoms with Crippen molar-refractivity contribution in [1.82, 2.24) is 0 Å². The number of nitrogens with one attached hydrogen (secondary N) is 1. The lowest BCUT2D eigenvalue weighted by Crippen LogP contribution is -2.48. The highest BCUT2D eigenvalue weighted by molar-refractivity contribution is 9.10. The maximum Gasteiger partial charge on any atom is 0.418 e. The Kier molecular flexibility index (Phi) is 12.5. The largest absolute Gasteiger partial charge is 0.478 e. The molecule has 2 fully saturated rings. The molecule has 5 aromatic carbocycles. The molecule has 0 aliphatic carbocycles. The number of hydrogen-bond acceptors (Lipinski definition) is 7. The van der Waals surface area contributed by atoms with E-state index >= 15 is 17.6 Å². The Labute approximate surface area is 357 Å². The summed E-state index contributed by atoms with van der Waals surface area (Å²) >= 11 is 3.21. The summed E-state index contributed by atoms with van der Waals surface area (Å²) in [5, 5.41) is 12.7. The number of anilines is 5. The van der Waals surface area contributed by atoms with Crippen molar-refractivity contribution < 1.29 is 58.5 Å². The minimum atomic E-state index is -4.91. The van der Waals surface area contributed by atoms with Gasteiger partial charge in [0.2, 0.25) is 0 Å². The smallest absolute Gasteiger partial charge is 0.418 e. The Hall–Kier alpha value is -5.85. The van der Waals surface area contributed by atoms with Crippen LogP contribution in [0, 0.1) is 5.82 Å². The third-order valence-corrected chi connectivity index (χ3v) is 11.2. The second kappa shape index (κ2) is 17.5. The van der Waals surface area contributed by atoms with Crippen LogP contribution in [-0.2, 0) is 25.1 Å². The normalized spacial score (nSPS) is 15.2. The number of alkyl halides is 9. The maximum absolute atomic E-state index is 15.6. The quantitative estimate of drug-likeness (QED) is 0.134. The molecule has 5 aromatic rings. The number of nitrogens with zero attached hydrogens (tertiary/aromatic N) is 4. The van der Waals surface area contributed by atoms with E-state index in [-0.39, 0.29) is 97.7 Å². The zero-order valence-corrected chi connectivity index (χ0v) is 33.9. The summed E-state index contributed by atoms with van der Waals surface area (Å²) in [5.74, 6) is -2.35. The summed E-state index contributed by atoms with van der Waals surface area (Å²) in [5.41, 5.74) is -2.50. The molecule has 0 aromatic heterocycles. The molecule has 0 unspecified atom stereocenters. The van der Waals surface area contributed by atoms with Gasteiger partial charge in [0.15, 0.2) is 0 Å². The predicted octanol–water partition coefficient (Wildman–Crippen LogP) is 11.4. The third kappa shape index (κ3) is 9.92. The van der Waals surface area contributed by atoms with Gasteiger partial charge in [0.05, 0.1) is 33.8 Å². The van der Waals surface area contributed by atoms with E-state index in [2.05, 4.69) is 21.2 Å². The van der Waals surface area contributed by atoms with Gasteiger partial charge in [0.25, 0.3) is 0 Å². The second-order valence-electron chi connectivity index (χ2n) is 14.5. The molecule has 2 N–H and O–H groups in total. The molecule has 0 amide bonds. The fourth-order valence-corrected chi connectivity index (χ4v) is 7.87. The van der Waals surface area contributed by atoms with Crippen molar-refractivity contribution in [3.05, 3.63) is 135 Å². The van der Waals surface area contributed by atoms with Gasteiger partial charge >= 0.3 is 24.5 Å². The van der Waals surface area contributed by atoms with E-state index < -0.39 is 53.6 Å². The molecule has 0 radical (unpaired) electrons. The number of aromatic carboxylic acids is 1. The number of benzene rings is 5. The average Bonchev–Trinajstić information content (AvgIpc) is 3.23. The molecule has 8 nitrogen and oxygen atoms in total. The van der Waals surface area contributed by atoms with Gasteiger partial charge in [-0.3, -0.25) is 0 Å². The lowest BCUT2D eigenvalue weighted by atomic mass is 10.0. The van der Waals surface area contributed by atoms with Crippen LogP contribution in [-0.4, -0.2) is 63.4 Å². The highest BCUT2D eigenvalue weighted by Crippen LogP contribution is 2.44. The minimum Gasteiger partial charge on any atom is -0.478 e. The van der Waals surface area contributed by atoms with Gasteiger partial charge in [-0.15, -0.1) is 0 Å². The summed E-state index contributed by atoms with van der Waals surface area (Å²) in [4.78, 5) is 18.6. The van der Waals surface area contributed by atoms with Gasteiger partial charge in [0.1, 0.15) is 22.9 Å². The van der Waals surface area contributed by atoms with Crippen LogP contribution in [0.2, 0.25) is 0 Å². The molecular formula is C43H36BrF10N5O3. The molecule has 0 spiro atoms. The highest BCUT2D eigenvalue weighted by atomic mass is 79.9. The fraction of sp³-hybridized carbons (Fsp3) is 0.279. The molecule has 2 aliphatic heterocycles.